The first-order chi connectivity index (χ1) is 17.1. The highest BCUT2D eigenvalue weighted by Gasteiger charge is 2.35. The van der Waals surface area contributed by atoms with Crippen molar-refractivity contribution >= 4 is 21.4 Å². The first-order valence-electron chi connectivity index (χ1n) is 10.2. The summed E-state index contributed by atoms with van der Waals surface area (Å²) in [7, 11) is -4.45. The third kappa shape index (κ3) is 4.47. The van der Waals surface area contributed by atoms with Crippen molar-refractivity contribution in [2.24, 2.45) is 0 Å². The van der Waals surface area contributed by atoms with Crippen LogP contribution < -0.4 is 4.72 Å². The second kappa shape index (κ2) is 8.68. The van der Waals surface area contributed by atoms with E-state index in [9.17, 15) is 26.0 Å². The molecule has 0 bridgehead atoms. The van der Waals surface area contributed by atoms with Crippen LogP contribution >= 0.6 is 0 Å². The van der Waals surface area contributed by atoms with E-state index in [2.05, 4.69) is 25.0 Å². The predicted octanol–water partition coefficient (Wildman–Crippen LogP) is 4.81. The second-order valence-electron chi connectivity index (χ2n) is 7.58. The van der Waals surface area contributed by atoms with Gasteiger partial charge in [0.1, 0.15) is 5.82 Å². The fraction of sp³-hybridized carbons (Fsp3) is 0.0435. The minimum absolute atomic E-state index is 0.0727. The molecule has 0 saturated carbocycles. The van der Waals surface area contributed by atoms with E-state index in [0.29, 0.717) is 34.4 Å². The van der Waals surface area contributed by atoms with Gasteiger partial charge >= 0.3 is 6.18 Å². The molecule has 2 aromatic carbocycles. The molecule has 3 heterocycles. The van der Waals surface area contributed by atoms with Crippen molar-refractivity contribution in [1.82, 2.24) is 24.8 Å². The van der Waals surface area contributed by atoms with Crippen LogP contribution in [0.2, 0.25) is 0 Å². The van der Waals surface area contributed by atoms with E-state index >= 15 is 0 Å². The maximum Gasteiger partial charge on any atom is 0.419 e. The fourth-order valence-electron chi connectivity index (χ4n) is 3.46. The standard InChI is InChI=1S/C23H14F4N6O2S/c24-19-7-6-17(12-18(19)23(25,26)27)36(34,35)32-16-5-1-3-14(11-16)20-8-9-21-29-30-22(33(21)31-20)15-4-2-10-28-13-15/h1-13,32H. The van der Waals surface area contributed by atoms with Crippen LogP contribution in [0.15, 0.2) is 84.0 Å². The third-order valence-corrected chi connectivity index (χ3v) is 6.53. The summed E-state index contributed by atoms with van der Waals surface area (Å²) in [6, 6.07) is 14.5. The molecular weight excluding hydrogens is 500 g/mol. The number of alkyl halides is 3. The SMILES string of the molecule is O=S(=O)(Nc1cccc(-c2ccc3nnc(-c4cccnc4)n3n2)c1)c1ccc(F)c(C(F)(F)F)c1. The highest BCUT2D eigenvalue weighted by molar-refractivity contribution is 7.92. The molecule has 0 saturated heterocycles. The summed E-state index contributed by atoms with van der Waals surface area (Å²) in [5, 5.41) is 12.8. The highest BCUT2D eigenvalue weighted by atomic mass is 32.2. The van der Waals surface area contributed by atoms with Crippen molar-refractivity contribution in [1.29, 1.82) is 0 Å². The lowest BCUT2D eigenvalue weighted by Crippen LogP contribution is -2.15. The molecule has 0 amide bonds. The van der Waals surface area contributed by atoms with Gasteiger partial charge in [0.05, 0.1) is 16.2 Å². The molecule has 0 atom stereocenters. The maximum absolute atomic E-state index is 13.6. The molecule has 5 rings (SSSR count). The van der Waals surface area contributed by atoms with Crippen LogP contribution in [-0.2, 0) is 16.2 Å². The van der Waals surface area contributed by atoms with Crippen molar-refractivity contribution in [3.8, 4) is 22.6 Å². The first-order valence-corrected chi connectivity index (χ1v) is 11.7. The lowest BCUT2D eigenvalue weighted by Gasteiger charge is -2.12. The number of nitrogens with zero attached hydrogens (tertiary/aromatic N) is 5. The molecule has 0 radical (unpaired) electrons. The summed E-state index contributed by atoms with van der Waals surface area (Å²) in [5.41, 5.74) is 0.533. The average molecular weight is 514 g/mol. The van der Waals surface area contributed by atoms with Gasteiger partial charge in [0, 0.05) is 29.2 Å². The molecule has 0 aliphatic carbocycles. The van der Waals surface area contributed by atoms with E-state index in [0.717, 1.165) is 6.07 Å². The number of hydrogen-bond donors (Lipinski definition) is 1. The summed E-state index contributed by atoms with van der Waals surface area (Å²) in [4.78, 5) is 3.34. The van der Waals surface area contributed by atoms with E-state index < -0.39 is 32.5 Å². The first kappa shape index (κ1) is 23.4. The monoisotopic (exact) mass is 514 g/mol. The Bertz CT molecular complexity index is 1690. The Kier molecular flexibility index (Phi) is 5.63. The summed E-state index contributed by atoms with van der Waals surface area (Å²) < 4.78 is 81.9. The summed E-state index contributed by atoms with van der Waals surface area (Å²) >= 11 is 0. The van der Waals surface area contributed by atoms with E-state index in [-0.39, 0.29) is 11.8 Å². The zero-order valence-electron chi connectivity index (χ0n) is 18.0. The van der Waals surface area contributed by atoms with Crippen molar-refractivity contribution in [3.05, 3.63) is 90.5 Å². The lowest BCUT2D eigenvalue weighted by molar-refractivity contribution is -0.140. The molecule has 0 fully saturated rings. The number of anilines is 1. The number of pyridine rings is 1. The Morgan fingerprint density at radius 3 is 2.44 bits per heavy atom. The van der Waals surface area contributed by atoms with Gasteiger partial charge in [0.25, 0.3) is 10.0 Å². The highest BCUT2D eigenvalue weighted by Crippen LogP contribution is 2.33. The van der Waals surface area contributed by atoms with E-state index in [4.69, 9.17) is 0 Å². The summed E-state index contributed by atoms with van der Waals surface area (Å²) in [6.07, 6.45) is -1.81. The van der Waals surface area contributed by atoms with Crippen LogP contribution in [0.25, 0.3) is 28.3 Å². The van der Waals surface area contributed by atoms with Crippen LogP contribution in [0.3, 0.4) is 0 Å². The van der Waals surface area contributed by atoms with Gasteiger partial charge < -0.3 is 0 Å². The van der Waals surface area contributed by atoms with Gasteiger partial charge in [0.15, 0.2) is 11.5 Å². The van der Waals surface area contributed by atoms with Crippen molar-refractivity contribution in [3.63, 3.8) is 0 Å². The Balaban J connectivity index is 1.48. The Morgan fingerprint density at radius 1 is 0.889 bits per heavy atom. The third-order valence-electron chi connectivity index (χ3n) is 5.15. The number of aromatic nitrogens is 5. The van der Waals surface area contributed by atoms with Crippen LogP contribution in [0.5, 0.6) is 0 Å². The molecule has 1 N–H and O–H groups in total. The maximum atomic E-state index is 13.6. The van der Waals surface area contributed by atoms with E-state index in [1.807, 2.05) is 0 Å². The quantitative estimate of drug-likeness (QED) is 0.338. The Hall–Kier alpha value is -4.39. The van der Waals surface area contributed by atoms with Gasteiger partial charge in [-0.25, -0.2) is 12.8 Å². The number of rotatable bonds is 5. The normalized spacial score (nSPS) is 12.1. The van der Waals surface area contributed by atoms with Crippen molar-refractivity contribution in [2.45, 2.75) is 11.1 Å². The molecule has 0 aliphatic heterocycles. The molecule has 13 heteroatoms. The van der Waals surface area contributed by atoms with Crippen LogP contribution in [0, 0.1) is 5.82 Å². The summed E-state index contributed by atoms with van der Waals surface area (Å²) in [5.74, 6) is -1.11. The van der Waals surface area contributed by atoms with Crippen LogP contribution in [-0.4, -0.2) is 33.2 Å². The van der Waals surface area contributed by atoms with Gasteiger partial charge in [-0.1, -0.05) is 12.1 Å². The molecule has 8 nitrogen and oxygen atoms in total. The zero-order chi connectivity index (χ0) is 25.5. The van der Waals surface area contributed by atoms with Gasteiger partial charge in [-0.15, -0.1) is 10.2 Å². The fourth-order valence-corrected chi connectivity index (χ4v) is 4.54. The number of nitrogens with one attached hydrogen (secondary N) is 1. The minimum Gasteiger partial charge on any atom is -0.280 e. The van der Waals surface area contributed by atoms with Gasteiger partial charge in [-0.2, -0.15) is 22.8 Å². The number of halogens is 4. The van der Waals surface area contributed by atoms with Gasteiger partial charge in [0.2, 0.25) is 0 Å². The Morgan fingerprint density at radius 2 is 1.69 bits per heavy atom. The molecular formula is C23H14F4N6O2S. The molecule has 0 unspecified atom stereocenters. The molecule has 182 valence electrons. The zero-order valence-corrected chi connectivity index (χ0v) is 18.8. The van der Waals surface area contributed by atoms with Gasteiger partial charge in [-0.05, 0) is 54.6 Å². The molecule has 36 heavy (non-hydrogen) atoms. The molecule has 3 aromatic heterocycles. The van der Waals surface area contributed by atoms with Gasteiger partial charge in [-0.3, -0.25) is 9.71 Å². The lowest BCUT2D eigenvalue weighted by atomic mass is 10.1. The smallest absolute Gasteiger partial charge is 0.280 e. The number of fused-ring (bicyclic) bond motifs is 1. The minimum atomic E-state index is -5.04. The predicted molar refractivity (Wildman–Crippen MR) is 122 cm³/mol. The second-order valence-corrected chi connectivity index (χ2v) is 9.26. The van der Waals surface area contributed by atoms with Crippen molar-refractivity contribution in [2.75, 3.05) is 4.72 Å². The largest absolute Gasteiger partial charge is 0.419 e. The van der Waals surface area contributed by atoms with Crippen LogP contribution in [0.1, 0.15) is 5.56 Å². The molecule has 0 spiro atoms. The average Bonchev–Trinajstić information content (AvgIpc) is 3.27. The Labute approximate surface area is 201 Å². The number of sulfonamides is 1. The summed E-state index contributed by atoms with van der Waals surface area (Å²) in [6.45, 7) is 0. The van der Waals surface area contributed by atoms with E-state index in [1.165, 1.54) is 16.6 Å². The molecule has 5 aromatic rings. The van der Waals surface area contributed by atoms with E-state index in [1.54, 1.807) is 48.8 Å². The van der Waals surface area contributed by atoms with Crippen molar-refractivity contribution < 1.29 is 26.0 Å². The van der Waals surface area contributed by atoms with Crippen LogP contribution in [0.4, 0.5) is 23.2 Å². The molecule has 0 aliphatic rings. The number of hydrogen-bond acceptors (Lipinski definition) is 6. The number of benzene rings is 2. The topological polar surface area (TPSA) is 102 Å².